The molecule has 0 radical (unpaired) electrons. The standard InChI is InChI=1S/C17H21N3O3S/c1-18-11-12-20(2)17(21)14-7-6-8-15(13-14)19-24(22,23)16-9-4-3-5-10-16/h3-10,13,18-19H,11-12H2,1-2H3. The monoisotopic (exact) mass is 347 g/mol. The molecule has 128 valence electrons. The molecular weight excluding hydrogens is 326 g/mol. The fraction of sp³-hybridized carbons (Fsp3) is 0.235. The Morgan fingerprint density at radius 3 is 2.46 bits per heavy atom. The van der Waals surface area contributed by atoms with E-state index in [9.17, 15) is 13.2 Å². The third kappa shape index (κ3) is 4.56. The van der Waals surface area contributed by atoms with Crippen molar-refractivity contribution < 1.29 is 13.2 Å². The molecule has 2 aromatic rings. The second kappa shape index (κ2) is 7.94. The lowest BCUT2D eigenvalue weighted by Gasteiger charge is -2.17. The molecule has 0 saturated heterocycles. The molecule has 0 fully saturated rings. The highest BCUT2D eigenvalue weighted by Gasteiger charge is 2.16. The van der Waals surface area contributed by atoms with E-state index in [0.29, 0.717) is 24.3 Å². The molecule has 7 heteroatoms. The Balaban J connectivity index is 2.17. The molecule has 0 aliphatic carbocycles. The predicted octanol–water partition coefficient (Wildman–Crippen LogP) is 1.78. The molecule has 0 aliphatic heterocycles. The highest BCUT2D eigenvalue weighted by molar-refractivity contribution is 7.92. The van der Waals surface area contributed by atoms with Crippen LogP contribution in [0.1, 0.15) is 10.4 Å². The van der Waals surface area contributed by atoms with Crippen LogP contribution in [0, 0.1) is 0 Å². The van der Waals surface area contributed by atoms with Gasteiger partial charge in [0.1, 0.15) is 0 Å². The van der Waals surface area contributed by atoms with E-state index in [4.69, 9.17) is 0 Å². The van der Waals surface area contributed by atoms with Crippen molar-refractivity contribution >= 4 is 21.6 Å². The first-order chi connectivity index (χ1) is 11.4. The van der Waals surface area contributed by atoms with Crippen LogP contribution >= 0.6 is 0 Å². The Morgan fingerprint density at radius 1 is 1.08 bits per heavy atom. The number of hydrogen-bond acceptors (Lipinski definition) is 4. The van der Waals surface area contributed by atoms with Gasteiger partial charge >= 0.3 is 0 Å². The van der Waals surface area contributed by atoms with Gasteiger partial charge in [-0.1, -0.05) is 24.3 Å². The van der Waals surface area contributed by atoms with Crippen LogP contribution in [0.15, 0.2) is 59.5 Å². The van der Waals surface area contributed by atoms with Gasteiger partial charge in [0.15, 0.2) is 0 Å². The average molecular weight is 347 g/mol. The highest BCUT2D eigenvalue weighted by Crippen LogP contribution is 2.17. The molecule has 0 saturated carbocycles. The van der Waals surface area contributed by atoms with Crippen LogP contribution in [0.4, 0.5) is 5.69 Å². The quantitative estimate of drug-likeness (QED) is 0.800. The summed E-state index contributed by atoms with van der Waals surface area (Å²) >= 11 is 0. The number of benzene rings is 2. The first-order valence-electron chi connectivity index (χ1n) is 7.52. The summed E-state index contributed by atoms with van der Waals surface area (Å²) in [7, 11) is -0.150. The number of amides is 1. The molecule has 6 nitrogen and oxygen atoms in total. The smallest absolute Gasteiger partial charge is 0.261 e. The number of sulfonamides is 1. The highest BCUT2D eigenvalue weighted by atomic mass is 32.2. The summed E-state index contributed by atoms with van der Waals surface area (Å²) in [6, 6.07) is 14.6. The average Bonchev–Trinajstić information content (AvgIpc) is 2.59. The van der Waals surface area contributed by atoms with E-state index in [2.05, 4.69) is 10.0 Å². The Labute approximate surface area is 142 Å². The van der Waals surface area contributed by atoms with Crippen LogP contribution in [0.2, 0.25) is 0 Å². The van der Waals surface area contributed by atoms with Gasteiger partial charge in [-0.15, -0.1) is 0 Å². The molecule has 0 aliphatic rings. The number of likely N-dealkylation sites (N-methyl/N-ethyl adjacent to an activating group) is 2. The third-order valence-electron chi connectivity index (χ3n) is 3.46. The normalized spacial score (nSPS) is 11.1. The van der Waals surface area contributed by atoms with Gasteiger partial charge in [0.2, 0.25) is 0 Å². The first kappa shape index (κ1) is 18.0. The summed E-state index contributed by atoms with van der Waals surface area (Å²) < 4.78 is 27.2. The Bertz CT molecular complexity index is 792. The minimum atomic E-state index is -3.68. The van der Waals surface area contributed by atoms with Gasteiger partial charge in [-0.05, 0) is 37.4 Å². The molecule has 2 N–H and O–H groups in total. The lowest BCUT2D eigenvalue weighted by Crippen LogP contribution is -2.32. The van der Waals surface area contributed by atoms with Crippen LogP contribution in [0.25, 0.3) is 0 Å². The fourth-order valence-corrected chi connectivity index (χ4v) is 3.20. The number of anilines is 1. The lowest BCUT2D eigenvalue weighted by atomic mass is 10.2. The zero-order valence-electron chi connectivity index (χ0n) is 13.7. The van der Waals surface area contributed by atoms with E-state index in [-0.39, 0.29) is 10.8 Å². The van der Waals surface area contributed by atoms with Gasteiger partial charge in [-0.2, -0.15) is 0 Å². The minimum absolute atomic E-state index is 0.161. The molecule has 0 bridgehead atoms. The van der Waals surface area contributed by atoms with Crippen molar-refractivity contribution in [3.63, 3.8) is 0 Å². The molecule has 0 unspecified atom stereocenters. The van der Waals surface area contributed by atoms with Crippen LogP contribution in [-0.4, -0.2) is 46.4 Å². The fourth-order valence-electron chi connectivity index (χ4n) is 2.13. The van der Waals surface area contributed by atoms with E-state index in [1.54, 1.807) is 54.4 Å². The van der Waals surface area contributed by atoms with Crippen molar-refractivity contribution in [3.05, 3.63) is 60.2 Å². The SMILES string of the molecule is CNCCN(C)C(=O)c1cccc(NS(=O)(=O)c2ccccc2)c1. The maximum atomic E-state index is 12.4. The number of carbonyl (C=O) groups is 1. The van der Waals surface area contributed by atoms with Gasteiger partial charge < -0.3 is 10.2 Å². The summed E-state index contributed by atoms with van der Waals surface area (Å²) in [4.78, 5) is 14.1. The second-order valence-corrected chi connectivity index (χ2v) is 7.01. The number of carbonyl (C=O) groups excluding carboxylic acids is 1. The van der Waals surface area contributed by atoms with Crippen LogP contribution in [0.3, 0.4) is 0 Å². The van der Waals surface area contributed by atoms with E-state index < -0.39 is 10.0 Å². The maximum Gasteiger partial charge on any atom is 0.261 e. The minimum Gasteiger partial charge on any atom is -0.340 e. The number of hydrogen-bond donors (Lipinski definition) is 2. The van der Waals surface area contributed by atoms with Gasteiger partial charge in [0.05, 0.1) is 4.90 Å². The molecule has 0 atom stereocenters. The summed E-state index contributed by atoms with van der Waals surface area (Å²) in [6.45, 7) is 1.25. The third-order valence-corrected chi connectivity index (χ3v) is 4.86. The van der Waals surface area contributed by atoms with E-state index in [1.165, 1.54) is 12.1 Å². The van der Waals surface area contributed by atoms with Gasteiger partial charge in [-0.25, -0.2) is 8.42 Å². The van der Waals surface area contributed by atoms with E-state index in [1.807, 2.05) is 7.05 Å². The lowest BCUT2D eigenvalue weighted by molar-refractivity contribution is 0.0797. The Kier molecular flexibility index (Phi) is 5.94. The zero-order valence-corrected chi connectivity index (χ0v) is 14.5. The summed E-state index contributed by atoms with van der Waals surface area (Å²) in [5.74, 6) is -0.161. The molecule has 2 aromatic carbocycles. The number of rotatable bonds is 7. The van der Waals surface area contributed by atoms with E-state index in [0.717, 1.165) is 0 Å². The summed E-state index contributed by atoms with van der Waals surface area (Å²) in [5.41, 5.74) is 0.786. The Morgan fingerprint density at radius 2 is 1.79 bits per heavy atom. The van der Waals surface area contributed by atoms with Crippen molar-refractivity contribution in [1.82, 2.24) is 10.2 Å². The van der Waals surface area contributed by atoms with Crippen molar-refractivity contribution in [2.75, 3.05) is 31.9 Å². The summed E-state index contributed by atoms with van der Waals surface area (Å²) in [6.07, 6.45) is 0. The topological polar surface area (TPSA) is 78.5 Å². The molecule has 0 heterocycles. The van der Waals surface area contributed by atoms with Crippen LogP contribution in [-0.2, 0) is 10.0 Å². The number of nitrogens with zero attached hydrogens (tertiary/aromatic N) is 1. The molecule has 0 spiro atoms. The molecular formula is C17H21N3O3S. The molecule has 24 heavy (non-hydrogen) atoms. The van der Waals surface area contributed by atoms with Gasteiger partial charge in [-0.3, -0.25) is 9.52 Å². The van der Waals surface area contributed by atoms with Crippen LogP contribution in [0.5, 0.6) is 0 Å². The van der Waals surface area contributed by atoms with Crippen molar-refractivity contribution in [2.24, 2.45) is 0 Å². The second-order valence-electron chi connectivity index (χ2n) is 5.33. The van der Waals surface area contributed by atoms with E-state index >= 15 is 0 Å². The summed E-state index contributed by atoms with van der Waals surface area (Å²) in [5, 5.41) is 2.98. The molecule has 2 rings (SSSR count). The maximum absolute atomic E-state index is 12.4. The van der Waals surface area contributed by atoms with Crippen molar-refractivity contribution in [3.8, 4) is 0 Å². The predicted molar refractivity (Wildman–Crippen MR) is 94.6 cm³/mol. The molecule has 1 amide bonds. The largest absolute Gasteiger partial charge is 0.340 e. The van der Waals surface area contributed by atoms with Crippen LogP contribution < -0.4 is 10.0 Å². The van der Waals surface area contributed by atoms with Crippen molar-refractivity contribution in [2.45, 2.75) is 4.90 Å². The zero-order chi connectivity index (χ0) is 17.6. The molecule has 0 aromatic heterocycles. The van der Waals surface area contributed by atoms with Gasteiger partial charge in [0.25, 0.3) is 15.9 Å². The number of nitrogens with one attached hydrogen (secondary N) is 2. The first-order valence-corrected chi connectivity index (χ1v) is 9.00. The van der Waals surface area contributed by atoms with Gasteiger partial charge in [0, 0.05) is 31.4 Å². The Hall–Kier alpha value is -2.38. The van der Waals surface area contributed by atoms with Crippen molar-refractivity contribution in [1.29, 1.82) is 0 Å².